The van der Waals surface area contributed by atoms with Gasteiger partial charge in [0.1, 0.15) is 10.6 Å². The molecule has 0 radical (unpaired) electrons. The van der Waals surface area contributed by atoms with E-state index in [-0.39, 0.29) is 11.4 Å². The van der Waals surface area contributed by atoms with Gasteiger partial charge in [-0.15, -0.1) is 0 Å². The predicted octanol–water partition coefficient (Wildman–Crippen LogP) is 2.91. The van der Waals surface area contributed by atoms with Crippen molar-refractivity contribution in [3.8, 4) is 5.75 Å². The lowest BCUT2D eigenvalue weighted by molar-refractivity contribution is 0.105. The molecule has 7 heteroatoms. The summed E-state index contributed by atoms with van der Waals surface area (Å²) in [6.45, 7) is 0.0719. The molecule has 0 fully saturated rings. The van der Waals surface area contributed by atoms with E-state index in [0.29, 0.717) is 11.3 Å². The first-order valence-electron chi connectivity index (χ1n) is 8.06. The minimum atomic E-state index is -3.75. The number of pyridine rings is 1. The fourth-order valence-corrected chi connectivity index (χ4v) is 4.02. The number of hydrogen-bond acceptors (Lipinski definition) is 5. The van der Waals surface area contributed by atoms with Crippen LogP contribution in [0.15, 0.2) is 65.7 Å². The molecular formula is C19H20N2O4S. The highest BCUT2D eigenvalue weighted by Gasteiger charge is 2.22. The summed E-state index contributed by atoms with van der Waals surface area (Å²) in [4.78, 5) is 4.35. The minimum absolute atomic E-state index is 0.0719. The molecule has 1 heterocycles. The summed E-state index contributed by atoms with van der Waals surface area (Å²) in [6.07, 6.45) is 1.09. The van der Waals surface area contributed by atoms with E-state index in [4.69, 9.17) is 9.47 Å². The molecule has 0 aliphatic rings. The Hall–Kier alpha value is -2.48. The SMILES string of the molecule is COc1ccccc1C(CNS(=O)(=O)c1cccc2cccnc12)OC. The van der Waals surface area contributed by atoms with Crippen LogP contribution in [0.5, 0.6) is 5.75 Å². The fraction of sp³-hybridized carbons (Fsp3) is 0.211. The van der Waals surface area contributed by atoms with E-state index >= 15 is 0 Å². The van der Waals surface area contributed by atoms with E-state index in [0.717, 1.165) is 10.9 Å². The van der Waals surface area contributed by atoms with Gasteiger partial charge in [-0.05, 0) is 18.2 Å². The van der Waals surface area contributed by atoms with E-state index < -0.39 is 16.1 Å². The number of benzene rings is 2. The summed E-state index contributed by atoms with van der Waals surface area (Å²) < 4.78 is 39.1. The first kappa shape index (κ1) is 18.3. The average molecular weight is 372 g/mol. The number of nitrogens with one attached hydrogen (secondary N) is 1. The number of nitrogens with zero attached hydrogens (tertiary/aromatic N) is 1. The van der Waals surface area contributed by atoms with Crippen LogP contribution < -0.4 is 9.46 Å². The van der Waals surface area contributed by atoms with Gasteiger partial charge in [-0.3, -0.25) is 4.98 Å². The molecular weight excluding hydrogens is 352 g/mol. The molecule has 0 bridgehead atoms. The predicted molar refractivity (Wildman–Crippen MR) is 99.7 cm³/mol. The van der Waals surface area contributed by atoms with Gasteiger partial charge < -0.3 is 9.47 Å². The molecule has 3 aromatic rings. The Bertz CT molecular complexity index is 1000. The zero-order valence-electron chi connectivity index (χ0n) is 14.5. The van der Waals surface area contributed by atoms with Crippen LogP contribution in [0, 0.1) is 0 Å². The van der Waals surface area contributed by atoms with Gasteiger partial charge in [0.15, 0.2) is 0 Å². The van der Waals surface area contributed by atoms with E-state index in [2.05, 4.69) is 9.71 Å². The maximum absolute atomic E-state index is 12.8. The highest BCUT2D eigenvalue weighted by molar-refractivity contribution is 7.89. The largest absolute Gasteiger partial charge is 0.496 e. The third-order valence-corrected chi connectivity index (χ3v) is 5.57. The first-order valence-corrected chi connectivity index (χ1v) is 9.54. The molecule has 0 aliphatic heterocycles. The molecule has 6 nitrogen and oxygen atoms in total. The number of sulfonamides is 1. The molecule has 26 heavy (non-hydrogen) atoms. The second-order valence-electron chi connectivity index (χ2n) is 5.65. The third-order valence-electron chi connectivity index (χ3n) is 4.11. The van der Waals surface area contributed by atoms with Gasteiger partial charge in [0.2, 0.25) is 10.0 Å². The number of ether oxygens (including phenoxy) is 2. The Balaban J connectivity index is 1.87. The Morgan fingerprint density at radius 3 is 2.58 bits per heavy atom. The smallest absolute Gasteiger partial charge is 0.242 e. The van der Waals surface area contributed by atoms with E-state index in [1.165, 1.54) is 7.11 Å². The zero-order chi connectivity index (χ0) is 18.6. The van der Waals surface area contributed by atoms with Crippen molar-refractivity contribution >= 4 is 20.9 Å². The van der Waals surface area contributed by atoms with Crippen molar-refractivity contribution in [1.82, 2.24) is 9.71 Å². The summed E-state index contributed by atoms with van der Waals surface area (Å²) in [6, 6.07) is 16.0. The highest BCUT2D eigenvalue weighted by Crippen LogP contribution is 2.27. The van der Waals surface area contributed by atoms with Crippen LogP contribution in [0.4, 0.5) is 0 Å². The van der Waals surface area contributed by atoms with Gasteiger partial charge in [-0.1, -0.05) is 36.4 Å². The Morgan fingerprint density at radius 1 is 1.04 bits per heavy atom. The lowest BCUT2D eigenvalue weighted by Crippen LogP contribution is -2.29. The van der Waals surface area contributed by atoms with Gasteiger partial charge >= 0.3 is 0 Å². The summed E-state index contributed by atoms with van der Waals surface area (Å²) in [5.74, 6) is 0.644. The van der Waals surface area contributed by atoms with Crippen molar-refractivity contribution in [2.24, 2.45) is 0 Å². The van der Waals surface area contributed by atoms with Crippen molar-refractivity contribution in [3.05, 3.63) is 66.4 Å². The van der Waals surface area contributed by atoms with Crippen molar-refractivity contribution in [1.29, 1.82) is 0 Å². The number of para-hydroxylation sites is 2. The molecule has 1 atom stereocenters. The number of rotatable bonds is 7. The fourth-order valence-electron chi connectivity index (χ4n) is 2.81. The summed E-state index contributed by atoms with van der Waals surface area (Å²) in [5, 5.41) is 0.767. The van der Waals surface area contributed by atoms with Gasteiger partial charge in [-0.2, -0.15) is 0 Å². The van der Waals surface area contributed by atoms with E-state index in [1.54, 1.807) is 31.5 Å². The molecule has 136 valence electrons. The monoisotopic (exact) mass is 372 g/mol. The normalized spacial score (nSPS) is 12.8. The number of fused-ring (bicyclic) bond motifs is 1. The molecule has 2 aromatic carbocycles. The minimum Gasteiger partial charge on any atom is -0.496 e. The molecule has 0 aliphatic carbocycles. The summed E-state index contributed by atoms with van der Waals surface area (Å²) in [7, 11) is -0.653. The molecule has 1 unspecified atom stereocenters. The van der Waals surface area contributed by atoms with Crippen LogP contribution in [0.3, 0.4) is 0 Å². The maximum Gasteiger partial charge on any atom is 0.242 e. The first-order chi connectivity index (χ1) is 12.6. The van der Waals surface area contributed by atoms with Gasteiger partial charge in [0, 0.05) is 30.8 Å². The summed E-state index contributed by atoms with van der Waals surface area (Å²) in [5.41, 5.74) is 1.21. The van der Waals surface area contributed by atoms with Crippen LogP contribution in [0.1, 0.15) is 11.7 Å². The van der Waals surface area contributed by atoms with Crippen molar-refractivity contribution in [2.75, 3.05) is 20.8 Å². The van der Waals surface area contributed by atoms with Crippen molar-refractivity contribution in [3.63, 3.8) is 0 Å². The van der Waals surface area contributed by atoms with Crippen LogP contribution >= 0.6 is 0 Å². The Morgan fingerprint density at radius 2 is 1.81 bits per heavy atom. The van der Waals surface area contributed by atoms with Crippen molar-refractivity contribution in [2.45, 2.75) is 11.0 Å². The van der Waals surface area contributed by atoms with Crippen LogP contribution in [-0.4, -0.2) is 34.2 Å². The van der Waals surface area contributed by atoms with Gasteiger partial charge in [0.25, 0.3) is 0 Å². The van der Waals surface area contributed by atoms with Gasteiger partial charge in [0.05, 0.1) is 18.7 Å². The molecule has 0 saturated heterocycles. The lowest BCUT2D eigenvalue weighted by Gasteiger charge is -2.19. The number of aromatic nitrogens is 1. The standard InChI is InChI=1S/C19H20N2O4S/c1-24-16-10-4-3-9-15(16)17(25-2)13-21-26(22,23)18-11-5-7-14-8-6-12-20-19(14)18/h3-12,17,21H,13H2,1-2H3. The second-order valence-corrected chi connectivity index (χ2v) is 7.38. The van der Waals surface area contributed by atoms with E-state index in [9.17, 15) is 8.42 Å². The molecule has 0 amide bonds. The molecule has 1 aromatic heterocycles. The van der Waals surface area contributed by atoms with Crippen molar-refractivity contribution < 1.29 is 17.9 Å². The van der Waals surface area contributed by atoms with E-state index in [1.807, 2.05) is 36.4 Å². The van der Waals surface area contributed by atoms with Crippen LogP contribution in [0.2, 0.25) is 0 Å². The zero-order valence-corrected chi connectivity index (χ0v) is 15.4. The molecule has 1 N–H and O–H groups in total. The quantitative estimate of drug-likeness (QED) is 0.690. The third kappa shape index (κ3) is 3.70. The topological polar surface area (TPSA) is 77.5 Å². The molecule has 3 rings (SSSR count). The average Bonchev–Trinajstić information content (AvgIpc) is 2.68. The lowest BCUT2D eigenvalue weighted by atomic mass is 10.1. The van der Waals surface area contributed by atoms with Crippen LogP contribution in [0.25, 0.3) is 10.9 Å². The maximum atomic E-state index is 12.8. The summed E-state index contributed by atoms with van der Waals surface area (Å²) >= 11 is 0. The number of hydrogen-bond donors (Lipinski definition) is 1. The highest BCUT2D eigenvalue weighted by atomic mass is 32.2. The Labute approximate surface area is 152 Å². The number of methoxy groups -OCH3 is 2. The van der Waals surface area contributed by atoms with Gasteiger partial charge in [-0.25, -0.2) is 13.1 Å². The Kier molecular flexibility index (Phi) is 5.51. The molecule has 0 saturated carbocycles. The molecule has 0 spiro atoms. The second kappa shape index (κ2) is 7.82. The van der Waals surface area contributed by atoms with Crippen LogP contribution in [-0.2, 0) is 14.8 Å².